The highest BCUT2D eigenvalue weighted by atomic mass is 79.9. The summed E-state index contributed by atoms with van der Waals surface area (Å²) in [6.07, 6.45) is 0.653. The van der Waals surface area contributed by atoms with Gasteiger partial charge in [-0.3, -0.25) is 4.79 Å². The molecule has 1 atom stereocenters. The summed E-state index contributed by atoms with van der Waals surface area (Å²) in [5.41, 5.74) is 1.12. The number of carboxylic acid groups (broad SMARTS) is 1. The Morgan fingerprint density at radius 2 is 2.31 bits per heavy atom. The molecule has 2 N–H and O–H groups in total. The van der Waals surface area contributed by atoms with E-state index in [-0.39, 0.29) is 0 Å². The van der Waals surface area contributed by atoms with E-state index < -0.39 is 12.0 Å². The van der Waals surface area contributed by atoms with Gasteiger partial charge in [0.1, 0.15) is 6.04 Å². The van der Waals surface area contributed by atoms with Gasteiger partial charge in [0.15, 0.2) is 0 Å². The van der Waals surface area contributed by atoms with Crippen molar-refractivity contribution in [3.05, 3.63) is 20.8 Å². The van der Waals surface area contributed by atoms with Gasteiger partial charge in [-0.25, -0.2) is 0 Å². The molecule has 0 saturated carbocycles. The predicted octanol–water partition coefficient (Wildman–Crippen LogP) is 3.10. The van der Waals surface area contributed by atoms with Crippen LogP contribution in [0.5, 0.6) is 0 Å². The van der Waals surface area contributed by atoms with Crippen LogP contribution in [0.3, 0.4) is 0 Å². The molecule has 0 unspecified atom stereocenters. The van der Waals surface area contributed by atoms with Crippen molar-refractivity contribution >= 4 is 33.2 Å². The number of aliphatic carboxylic acids is 1. The molecule has 5 heteroatoms. The van der Waals surface area contributed by atoms with E-state index in [2.05, 4.69) is 21.2 Å². The van der Waals surface area contributed by atoms with E-state index in [0.29, 0.717) is 18.9 Å². The molecule has 0 aromatic carbocycles. The van der Waals surface area contributed by atoms with Crippen molar-refractivity contribution < 1.29 is 9.90 Å². The number of hydrogen-bond acceptors (Lipinski definition) is 3. The molecule has 16 heavy (non-hydrogen) atoms. The van der Waals surface area contributed by atoms with Crippen molar-refractivity contribution in [3.63, 3.8) is 0 Å². The molecule has 0 amide bonds. The molecular formula is C11H16BrNO2S. The number of carboxylic acids is 1. The lowest BCUT2D eigenvalue weighted by Gasteiger charge is -2.15. The Hall–Kier alpha value is -0.390. The van der Waals surface area contributed by atoms with Crippen molar-refractivity contribution in [1.29, 1.82) is 0 Å². The monoisotopic (exact) mass is 305 g/mol. The second-order valence-electron chi connectivity index (χ2n) is 4.16. The topological polar surface area (TPSA) is 49.3 Å². The minimum atomic E-state index is -0.775. The summed E-state index contributed by atoms with van der Waals surface area (Å²) in [7, 11) is 0. The van der Waals surface area contributed by atoms with Gasteiger partial charge in [0.05, 0.1) is 3.79 Å². The summed E-state index contributed by atoms with van der Waals surface area (Å²) in [5, 5.41) is 14.1. The van der Waals surface area contributed by atoms with Gasteiger partial charge < -0.3 is 10.4 Å². The first-order valence-electron chi connectivity index (χ1n) is 5.18. The summed E-state index contributed by atoms with van der Waals surface area (Å²) in [6, 6.07) is 1.55. The third kappa shape index (κ3) is 4.63. The molecule has 0 spiro atoms. The lowest BCUT2D eigenvalue weighted by Crippen LogP contribution is -2.37. The van der Waals surface area contributed by atoms with Crippen LogP contribution >= 0.6 is 27.3 Å². The maximum Gasteiger partial charge on any atom is 0.320 e. The molecule has 1 heterocycles. The van der Waals surface area contributed by atoms with E-state index in [1.54, 1.807) is 11.3 Å². The van der Waals surface area contributed by atoms with E-state index >= 15 is 0 Å². The van der Waals surface area contributed by atoms with E-state index in [1.165, 1.54) is 0 Å². The van der Waals surface area contributed by atoms with Crippen LogP contribution in [0.2, 0.25) is 0 Å². The second-order valence-corrected chi connectivity index (χ2v) is 6.45. The summed E-state index contributed by atoms with van der Waals surface area (Å²) >= 11 is 4.99. The number of thiophene rings is 1. The van der Waals surface area contributed by atoms with E-state index in [9.17, 15) is 4.79 Å². The average Bonchev–Trinajstić information content (AvgIpc) is 2.58. The molecular weight excluding hydrogens is 290 g/mol. The molecule has 90 valence electrons. The number of rotatable bonds is 6. The maximum atomic E-state index is 11.0. The third-order valence-corrected chi connectivity index (χ3v) is 3.73. The number of nitrogens with one attached hydrogen (secondary N) is 1. The first-order chi connectivity index (χ1) is 7.49. The van der Waals surface area contributed by atoms with Crippen molar-refractivity contribution in [3.8, 4) is 0 Å². The fraction of sp³-hybridized carbons (Fsp3) is 0.545. The minimum absolute atomic E-state index is 0.378. The van der Waals surface area contributed by atoms with Gasteiger partial charge in [0.25, 0.3) is 0 Å². The number of halogens is 1. The molecule has 3 nitrogen and oxygen atoms in total. The van der Waals surface area contributed by atoms with Gasteiger partial charge in [-0.1, -0.05) is 13.8 Å². The Labute approximate surface area is 108 Å². The van der Waals surface area contributed by atoms with Crippen LogP contribution in [0, 0.1) is 5.92 Å². The van der Waals surface area contributed by atoms with E-state index in [1.807, 2.05) is 25.3 Å². The van der Waals surface area contributed by atoms with Crippen LogP contribution in [-0.2, 0) is 11.3 Å². The highest BCUT2D eigenvalue weighted by Crippen LogP contribution is 2.20. The van der Waals surface area contributed by atoms with Crippen LogP contribution in [0.4, 0.5) is 0 Å². The van der Waals surface area contributed by atoms with Gasteiger partial charge in [-0.05, 0) is 45.3 Å². The minimum Gasteiger partial charge on any atom is -0.480 e. The first kappa shape index (κ1) is 13.7. The molecule has 1 rings (SSSR count). The van der Waals surface area contributed by atoms with E-state index in [0.717, 1.165) is 9.35 Å². The lowest BCUT2D eigenvalue weighted by atomic mass is 10.0. The van der Waals surface area contributed by atoms with Crippen molar-refractivity contribution in [2.75, 3.05) is 0 Å². The van der Waals surface area contributed by atoms with Crippen LogP contribution in [0.15, 0.2) is 15.2 Å². The second kappa shape index (κ2) is 6.37. The van der Waals surface area contributed by atoms with Gasteiger partial charge in [-0.2, -0.15) is 0 Å². The molecule has 0 bridgehead atoms. The molecule has 1 aromatic rings. The molecule has 0 aliphatic carbocycles. The SMILES string of the molecule is CC(C)C[C@@H](NCc1csc(Br)c1)C(=O)O. The van der Waals surface area contributed by atoms with Crippen molar-refractivity contribution in [1.82, 2.24) is 5.32 Å². The Bertz CT molecular complexity index is 352. The van der Waals surface area contributed by atoms with E-state index in [4.69, 9.17) is 5.11 Å². The largest absolute Gasteiger partial charge is 0.480 e. The Balaban J connectivity index is 2.46. The Morgan fingerprint density at radius 3 is 2.75 bits per heavy atom. The molecule has 0 aliphatic heterocycles. The quantitative estimate of drug-likeness (QED) is 0.849. The lowest BCUT2D eigenvalue weighted by molar-refractivity contribution is -0.140. The molecule has 0 fully saturated rings. The third-order valence-electron chi connectivity index (χ3n) is 2.18. The first-order valence-corrected chi connectivity index (χ1v) is 6.85. The normalized spacial score (nSPS) is 13.0. The Morgan fingerprint density at radius 1 is 1.62 bits per heavy atom. The van der Waals surface area contributed by atoms with Gasteiger partial charge >= 0.3 is 5.97 Å². The summed E-state index contributed by atoms with van der Waals surface area (Å²) in [6.45, 7) is 4.66. The summed E-state index contributed by atoms with van der Waals surface area (Å²) in [4.78, 5) is 11.0. The highest BCUT2D eigenvalue weighted by Gasteiger charge is 2.17. The number of hydrogen-bond donors (Lipinski definition) is 2. The maximum absolute atomic E-state index is 11.0. The smallest absolute Gasteiger partial charge is 0.320 e. The predicted molar refractivity (Wildman–Crippen MR) is 69.7 cm³/mol. The highest BCUT2D eigenvalue weighted by molar-refractivity contribution is 9.11. The average molecular weight is 306 g/mol. The zero-order valence-corrected chi connectivity index (χ0v) is 11.8. The molecule has 0 aliphatic rings. The van der Waals surface area contributed by atoms with Gasteiger partial charge in [-0.15, -0.1) is 11.3 Å². The van der Waals surface area contributed by atoms with Crippen LogP contribution in [0.25, 0.3) is 0 Å². The fourth-order valence-corrected chi connectivity index (χ4v) is 2.63. The fourth-order valence-electron chi connectivity index (χ4n) is 1.42. The molecule has 1 aromatic heterocycles. The zero-order valence-electron chi connectivity index (χ0n) is 9.37. The Kier molecular flexibility index (Phi) is 5.44. The molecule has 0 saturated heterocycles. The van der Waals surface area contributed by atoms with Crippen LogP contribution < -0.4 is 5.32 Å². The van der Waals surface area contributed by atoms with Crippen molar-refractivity contribution in [2.24, 2.45) is 5.92 Å². The summed E-state index contributed by atoms with van der Waals surface area (Å²) in [5.74, 6) is -0.397. The standard InChI is InChI=1S/C11H16BrNO2S/c1-7(2)3-9(11(14)15)13-5-8-4-10(12)16-6-8/h4,6-7,9,13H,3,5H2,1-2H3,(H,14,15)/t9-/m1/s1. The van der Waals surface area contributed by atoms with Crippen LogP contribution in [-0.4, -0.2) is 17.1 Å². The van der Waals surface area contributed by atoms with Crippen molar-refractivity contribution in [2.45, 2.75) is 32.9 Å². The number of carbonyl (C=O) groups is 1. The molecule has 0 radical (unpaired) electrons. The zero-order chi connectivity index (χ0) is 12.1. The summed E-state index contributed by atoms with van der Waals surface area (Å²) < 4.78 is 1.07. The van der Waals surface area contributed by atoms with Crippen LogP contribution in [0.1, 0.15) is 25.8 Å². The van der Waals surface area contributed by atoms with Gasteiger partial charge in [0.2, 0.25) is 0 Å². The van der Waals surface area contributed by atoms with Gasteiger partial charge in [0, 0.05) is 6.54 Å².